The summed E-state index contributed by atoms with van der Waals surface area (Å²) in [7, 11) is 0. The molecule has 5 nitrogen and oxygen atoms in total. The first-order chi connectivity index (χ1) is 12.2. The third-order valence-electron chi connectivity index (χ3n) is 3.44. The lowest BCUT2D eigenvalue weighted by atomic mass is 10.1. The van der Waals surface area contributed by atoms with E-state index >= 15 is 0 Å². The van der Waals surface area contributed by atoms with Crippen molar-refractivity contribution in [3.05, 3.63) is 64.5 Å². The molecule has 3 rings (SSSR count). The Morgan fingerprint density at radius 1 is 1.08 bits per heavy atom. The van der Waals surface area contributed by atoms with Crippen LogP contribution in [0.3, 0.4) is 0 Å². The van der Waals surface area contributed by atoms with Crippen molar-refractivity contribution in [3.8, 4) is 11.5 Å². The van der Waals surface area contributed by atoms with E-state index in [1.54, 1.807) is 12.1 Å². The van der Waals surface area contributed by atoms with Gasteiger partial charge in [0.05, 0.1) is 11.3 Å². The fourth-order valence-electron chi connectivity index (χ4n) is 2.31. The van der Waals surface area contributed by atoms with Gasteiger partial charge in [0.25, 0.3) is 0 Å². The average Bonchev–Trinajstić information content (AvgIpc) is 2.54. The standard InChI is InChI=1S/C18H12F3NO4/c1-10(23)22-14-6-4-12(18(19,20)21)8-16(14)25-13-5-2-11-3-7-17(24)26-15(11)9-13/h2-9H,1H3,(H,22,23). The van der Waals surface area contributed by atoms with Crippen molar-refractivity contribution in [1.82, 2.24) is 0 Å². The van der Waals surface area contributed by atoms with Gasteiger partial charge >= 0.3 is 11.8 Å². The van der Waals surface area contributed by atoms with Crippen LogP contribution in [-0.2, 0) is 11.0 Å². The number of amides is 1. The van der Waals surface area contributed by atoms with E-state index in [-0.39, 0.29) is 22.8 Å². The van der Waals surface area contributed by atoms with E-state index in [1.807, 2.05) is 0 Å². The Morgan fingerprint density at radius 2 is 1.81 bits per heavy atom. The van der Waals surface area contributed by atoms with Crippen LogP contribution in [0.15, 0.2) is 57.7 Å². The molecule has 0 saturated heterocycles. The summed E-state index contributed by atoms with van der Waals surface area (Å²) in [6.45, 7) is 1.23. The highest BCUT2D eigenvalue weighted by Crippen LogP contribution is 2.37. The van der Waals surface area contributed by atoms with Crippen molar-refractivity contribution < 1.29 is 27.1 Å². The normalized spacial score (nSPS) is 11.4. The second-order valence-corrected chi connectivity index (χ2v) is 5.45. The monoisotopic (exact) mass is 363 g/mol. The van der Waals surface area contributed by atoms with E-state index in [0.29, 0.717) is 5.39 Å². The van der Waals surface area contributed by atoms with Gasteiger partial charge in [-0.3, -0.25) is 4.79 Å². The molecule has 0 spiro atoms. The van der Waals surface area contributed by atoms with Gasteiger partial charge in [-0.05, 0) is 36.4 Å². The van der Waals surface area contributed by atoms with Crippen LogP contribution in [0, 0.1) is 0 Å². The third kappa shape index (κ3) is 3.85. The van der Waals surface area contributed by atoms with Gasteiger partial charge in [0.1, 0.15) is 11.3 Å². The highest BCUT2D eigenvalue weighted by molar-refractivity contribution is 5.90. The zero-order valence-corrected chi connectivity index (χ0v) is 13.4. The lowest BCUT2D eigenvalue weighted by Gasteiger charge is -2.14. The van der Waals surface area contributed by atoms with E-state index in [4.69, 9.17) is 9.15 Å². The van der Waals surface area contributed by atoms with Crippen LogP contribution in [0.4, 0.5) is 18.9 Å². The quantitative estimate of drug-likeness (QED) is 0.693. The maximum atomic E-state index is 13.0. The molecule has 134 valence electrons. The molecule has 0 bridgehead atoms. The van der Waals surface area contributed by atoms with E-state index in [2.05, 4.69) is 5.32 Å². The first kappa shape index (κ1) is 17.5. The second-order valence-electron chi connectivity index (χ2n) is 5.45. The largest absolute Gasteiger partial charge is 0.455 e. The molecule has 0 unspecified atom stereocenters. The fourth-order valence-corrected chi connectivity index (χ4v) is 2.31. The van der Waals surface area contributed by atoms with Crippen LogP contribution in [0.2, 0.25) is 0 Å². The van der Waals surface area contributed by atoms with Crippen LogP contribution >= 0.6 is 0 Å². The van der Waals surface area contributed by atoms with Gasteiger partial charge in [0.15, 0.2) is 5.75 Å². The van der Waals surface area contributed by atoms with Gasteiger partial charge in [-0.2, -0.15) is 13.2 Å². The molecule has 0 atom stereocenters. The summed E-state index contributed by atoms with van der Waals surface area (Å²) in [6, 6.07) is 10.0. The van der Waals surface area contributed by atoms with Gasteiger partial charge in [-0.25, -0.2) is 4.79 Å². The molecule has 0 fully saturated rings. The van der Waals surface area contributed by atoms with Gasteiger partial charge in [0, 0.05) is 24.4 Å². The Labute approximate surface area is 145 Å². The molecule has 1 amide bonds. The number of benzene rings is 2. The maximum Gasteiger partial charge on any atom is 0.416 e. The summed E-state index contributed by atoms with van der Waals surface area (Å²) < 4.78 is 49.4. The van der Waals surface area contributed by atoms with E-state index < -0.39 is 23.3 Å². The van der Waals surface area contributed by atoms with E-state index in [9.17, 15) is 22.8 Å². The molecular weight excluding hydrogens is 351 g/mol. The third-order valence-corrected chi connectivity index (χ3v) is 3.44. The summed E-state index contributed by atoms with van der Waals surface area (Å²) in [6.07, 6.45) is -4.57. The minimum absolute atomic E-state index is 0.0834. The molecule has 0 saturated carbocycles. The minimum atomic E-state index is -4.57. The number of rotatable bonds is 3. The van der Waals surface area contributed by atoms with Crippen molar-refractivity contribution in [1.29, 1.82) is 0 Å². The Morgan fingerprint density at radius 3 is 2.50 bits per heavy atom. The topological polar surface area (TPSA) is 68.5 Å². The van der Waals surface area contributed by atoms with Crippen molar-refractivity contribution in [2.45, 2.75) is 13.1 Å². The Balaban J connectivity index is 2.04. The van der Waals surface area contributed by atoms with Gasteiger partial charge in [-0.1, -0.05) is 0 Å². The molecule has 1 aromatic heterocycles. The SMILES string of the molecule is CC(=O)Nc1ccc(C(F)(F)F)cc1Oc1ccc2ccc(=O)oc2c1. The summed E-state index contributed by atoms with van der Waals surface area (Å²) >= 11 is 0. The molecule has 0 aliphatic carbocycles. The first-order valence-electron chi connectivity index (χ1n) is 7.43. The zero-order valence-electron chi connectivity index (χ0n) is 13.4. The number of nitrogens with one attached hydrogen (secondary N) is 1. The zero-order chi connectivity index (χ0) is 18.9. The summed E-state index contributed by atoms with van der Waals surface area (Å²) in [5.41, 5.74) is -1.18. The van der Waals surface area contributed by atoms with Crippen LogP contribution in [-0.4, -0.2) is 5.91 Å². The molecule has 3 aromatic rings. The van der Waals surface area contributed by atoms with E-state index in [1.165, 1.54) is 25.1 Å². The number of hydrogen-bond acceptors (Lipinski definition) is 4. The highest BCUT2D eigenvalue weighted by atomic mass is 19.4. The Kier molecular flexibility index (Phi) is 4.41. The van der Waals surface area contributed by atoms with Gasteiger partial charge < -0.3 is 14.5 Å². The molecular formula is C18H12F3NO4. The first-order valence-corrected chi connectivity index (χ1v) is 7.43. The molecule has 8 heteroatoms. The van der Waals surface area contributed by atoms with Crippen molar-refractivity contribution in [2.75, 3.05) is 5.32 Å². The van der Waals surface area contributed by atoms with Gasteiger partial charge in [0.2, 0.25) is 5.91 Å². The van der Waals surface area contributed by atoms with Crippen LogP contribution in [0.5, 0.6) is 11.5 Å². The molecule has 1 N–H and O–H groups in total. The number of hydrogen-bond donors (Lipinski definition) is 1. The highest BCUT2D eigenvalue weighted by Gasteiger charge is 2.31. The number of fused-ring (bicyclic) bond motifs is 1. The second kappa shape index (κ2) is 6.55. The van der Waals surface area contributed by atoms with Crippen molar-refractivity contribution >= 4 is 22.6 Å². The van der Waals surface area contributed by atoms with Crippen LogP contribution < -0.4 is 15.7 Å². The number of halogens is 3. The minimum Gasteiger partial charge on any atom is -0.455 e. The number of carbonyl (C=O) groups excluding carboxylic acids is 1. The van der Waals surface area contributed by atoms with E-state index in [0.717, 1.165) is 18.2 Å². The Hall–Kier alpha value is -3.29. The van der Waals surface area contributed by atoms with Crippen molar-refractivity contribution in [3.63, 3.8) is 0 Å². The number of alkyl halides is 3. The van der Waals surface area contributed by atoms with Gasteiger partial charge in [-0.15, -0.1) is 0 Å². The lowest BCUT2D eigenvalue weighted by Crippen LogP contribution is -2.09. The number of ether oxygens (including phenoxy) is 1. The predicted octanol–water partition coefficient (Wildman–Crippen LogP) is 4.56. The summed E-state index contributed by atoms with van der Waals surface area (Å²) in [5, 5.41) is 3.04. The predicted molar refractivity (Wildman–Crippen MR) is 88.3 cm³/mol. The summed E-state index contributed by atoms with van der Waals surface area (Å²) in [4.78, 5) is 22.6. The van der Waals surface area contributed by atoms with Crippen LogP contribution in [0.1, 0.15) is 12.5 Å². The number of carbonyl (C=O) groups is 1. The molecule has 0 aliphatic rings. The summed E-state index contributed by atoms with van der Waals surface area (Å²) in [5.74, 6) is -0.496. The molecule has 1 heterocycles. The molecule has 0 radical (unpaired) electrons. The average molecular weight is 363 g/mol. The molecule has 0 aliphatic heterocycles. The fraction of sp³-hybridized carbons (Fsp3) is 0.111. The molecule has 2 aromatic carbocycles. The Bertz CT molecular complexity index is 1040. The smallest absolute Gasteiger partial charge is 0.416 e. The van der Waals surface area contributed by atoms with Crippen molar-refractivity contribution in [2.24, 2.45) is 0 Å². The van der Waals surface area contributed by atoms with Crippen LogP contribution in [0.25, 0.3) is 11.0 Å². The lowest BCUT2D eigenvalue weighted by molar-refractivity contribution is -0.137. The maximum absolute atomic E-state index is 13.0. The number of anilines is 1. The molecule has 26 heavy (non-hydrogen) atoms.